The summed E-state index contributed by atoms with van der Waals surface area (Å²) < 4.78 is 82.4. The van der Waals surface area contributed by atoms with Gasteiger partial charge in [0.2, 0.25) is 0 Å². The summed E-state index contributed by atoms with van der Waals surface area (Å²) in [6.07, 6.45) is -2.53. The van der Waals surface area contributed by atoms with Crippen LogP contribution in [-0.4, -0.2) is 57.1 Å². The van der Waals surface area contributed by atoms with Crippen LogP contribution in [0.25, 0.3) is 0 Å². The number of nitrogens with zero attached hydrogens (tertiary/aromatic N) is 7. The topological polar surface area (TPSA) is 142 Å². The Kier molecular flexibility index (Phi) is 10.4. The van der Waals surface area contributed by atoms with Crippen LogP contribution >= 0.6 is 22.6 Å². The average Bonchev–Trinajstić information content (AvgIpc) is 3.63. The van der Waals surface area contributed by atoms with E-state index in [1.807, 2.05) is 0 Å². The molecule has 2 amide bonds. The molecule has 0 radical (unpaired) electrons. The third-order valence-corrected chi connectivity index (χ3v) is 6.00. The number of halogens is 7. The number of amides is 2. The number of hydrogen-bond acceptors (Lipinski definition) is 8. The standard InChI is InChI=1S/C25H22F6IN9O3/c26-17(12-41-14-21(37-39-41)23(43)35-11-18-9-16(5-7-33-18)24(27,28)29)6-8-40-13-20(36-38-40)22(42)34-10-15-1-3-19(4-2-15)44-25(30,31)32/h1-5,7,9,13-14,17H,6,8,10-12H2,(H,34,42)(H,35,43). The Balaban J connectivity index is 1.19. The van der Waals surface area contributed by atoms with Crippen LogP contribution < -0.4 is 15.4 Å². The largest absolute Gasteiger partial charge is 0.451 e. The monoisotopic (exact) mass is 737 g/mol. The van der Waals surface area contributed by atoms with Crippen LogP contribution in [0.5, 0.6) is 5.75 Å². The van der Waals surface area contributed by atoms with Crippen molar-refractivity contribution in [3.8, 4) is 5.75 Å². The van der Waals surface area contributed by atoms with Gasteiger partial charge in [0.1, 0.15) is 11.9 Å². The van der Waals surface area contributed by atoms with Crippen LogP contribution in [0.2, 0.25) is 0 Å². The van der Waals surface area contributed by atoms with Gasteiger partial charge in [-0.1, -0.05) is 22.6 Å². The van der Waals surface area contributed by atoms with Crippen LogP contribution in [0.4, 0.5) is 26.3 Å². The lowest BCUT2D eigenvalue weighted by molar-refractivity contribution is -0.137. The van der Waals surface area contributed by atoms with E-state index in [0.29, 0.717) is 5.56 Å². The van der Waals surface area contributed by atoms with Gasteiger partial charge in [-0.05, 0) is 29.8 Å². The van der Waals surface area contributed by atoms with Gasteiger partial charge in [0.05, 0.1) is 59.3 Å². The Bertz CT molecular complexity index is 1570. The lowest BCUT2D eigenvalue weighted by atomic mass is 10.2. The zero-order valence-electron chi connectivity index (χ0n) is 22.3. The quantitative estimate of drug-likeness (QED) is 0.120. The van der Waals surface area contributed by atoms with Gasteiger partial charge in [-0.15, -0.1) is 10.2 Å². The SMILES string of the molecule is O=C(NCc1ccc(OC(F)(F)I)cc1)c1cn(CCC(F)Cn2cc(C(=O)NCc3cc(C(F)(F)F)ccn3)nn2)nn1. The van der Waals surface area contributed by atoms with Crippen molar-refractivity contribution >= 4 is 34.4 Å². The fourth-order valence-electron chi connectivity index (χ4n) is 3.66. The average molecular weight is 737 g/mol. The molecule has 0 spiro atoms. The maximum Gasteiger partial charge on any atom is 0.451 e. The second-order valence-electron chi connectivity index (χ2n) is 9.17. The number of ether oxygens (including phenoxy) is 1. The number of hydrogen-bond donors (Lipinski definition) is 2. The van der Waals surface area contributed by atoms with Crippen molar-refractivity contribution in [2.24, 2.45) is 0 Å². The second kappa shape index (κ2) is 14.0. The molecule has 44 heavy (non-hydrogen) atoms. The van der Waals surface area contributed by atoms with Crippen molar-refractivity contribution in [2.45, 2.75) is 49.1 Å². The molecule has 19 heteroatoms. The number of rotatable bonds is 13. The molecule has 0 aliphatic carbocycles. The first kappa shape index (κ1) is 32.6. The van der Waals surface area contributed by atoms with Crippen molar-refractivity contribution in [1.82, 2.24) is 45.6 Å². The maximum atomic E-state index is 14.6. The lowest BCUT2D eigenvalue weighted by Crippen LogP contribution is -2.24. The van der Waals surface area contributed by atoms with Gasteiger partial charge in [0.15, 0.2) is 11.4 Å². The number of pyridine rings is 1. The first-order valence-corrected chi connectivity index (χ1v) is 13.7. The highest BCUT2D eigenvalue weighted by Gasteiger charge is 2.30. The van der Waals surface area contributed by atoms with Gasteiger partial charge in [-0.25, -0.2) is 9.07 Å². The van der Waals surface area contributed by atoms with Crippen molar-refractivity contribution in [1.29, 1.82) is 0 Å². The highest BCUT2D eigenvalue weighted by Crippen LogP contribution is 2.29. The molecule has 3 heterocycles. The van der Waals surface area contributed by atoms with Gasteiger partial charge in [-0.2, -0.15) is 22.0 Å². The van der Waals surface area contributed by atoms with Gasteiger partial charge in [-0.3, -0.25) is 19.3 Å². The molecule has 1 unspecified atom stereocenters. The Labute approximate surface area is 258 Å². The maximum absolute atomic E-state index is 14.6. The van der Waals surface area contributed by atoms with Gasteiger partial charge >= 0.3 is 10.3 Å². The number of nitrogens with one attached hydrogen (secondary N) is 2. The van der Waals surface area contributed by atoms with E-state index in [0.717, 1.165) is 45.6 Å². The highest BCUT2D eigenvalue weighted by molar-refractivity contribution is 14.1. The molecule has 12 nitrogen and oxygen atoms in total. The smallest absolute Gasteiger partial charge is 0.425 e. The van der Waals surface area contributed by atoms with Gasteiger partial charge in [0, 0.05) is 25.7 Å². The molecule has 1 atom stereocenters. The summed E-state index contributed by atoms with van der Waals surface area (Å²) in [7, 11) is 0. The minimum atomic E-state index is -4.55. The summed E-state index contributed by atoms with van der Waals surface area (Å²) in [5, 5.41) is 19.9. The molecule has 0 aliphatic rings. The Morgan fingerprint density at radius 3 is 2.16 bits per heavy atom. The Morgan fingerprint density at radius 1 is 0.909 bits per heavy atom. The second-order valence-corrected chi connectivity index (χ2v) is 10.4. The van der Waals surface area contributed by atoms with E-state index in [2.05, 4.69) is 41.0 Å². The predicted octanol–water partition coefficient (Wildman–Crippen LogP) is 3.94. The van der Waals surface area contributed by atoms with Crippen LogP contribution in [0.3, 0.4) is 0 Å². The van der Waals surface area contributed by atoms with Crippen LogP contribution in [0.1, 0.15) is 44.2 Å². The first-order valence-electron chi connectivity index (χ1n) is 12.6. The molecule has 0 bridgehead atoms. The predicted molar refractivity (Wildman–Crippen MR) is 147 cm³/mol. The minimum absolute atomic E-state index is 0.0118. The third kappa shape index (κ3) is 9.88. The number of benzene rings is 1. The van der Waals surface area contributed by atoms with Crippen molar-refractivity contribution in [2.75, 3.05) is 0 Å². The van der Waals surface area contributed by atoms with Crippen LogP contribution in [-0.2, 0) is 32.4 Å². The zero-order valence-corrected chi connectivity index (χ0v) is 24.5. The summed E-state index contributed by atoms with van der Waals surface area (Å²) >= 11 is 0.853. The molecule has 0 fully saturated rings. The molecule has 3 aromatic heterocycles. The molecule has 4 rings (SSSR count). The number of aryl methyl sites for hydroxylation is 1. The molecule has 4 aromatic rings. The lowest BCUT2D eigenvalue weighted by Gasteiger charge is -2.11. The van der Waals surface area contributed by atoms with Gasteiger partial charge < -0.3 is 15.4 Å². The van der Waals surface area contributed by atoms with E-state index in [1.54, 1.807) is 0 Å². The highest BCUT2D eigenvalue weighted by atomic mass is 127. The van der Waals surface area contributed by atoms with Crippen molar-refractivity contribution in [3.63, 3.8) is 0 Å². The van der Waals surface area contributed by atoms with Crippen molar-refractivity contribution < 1.29 is 40.7 Å². The molecule has 1 aromatic carbocycles. The van der Waals surface area contributed by atoms with E-state index < -0.39 is 33.8 Å². The Morgan fingerprint density at radius 2 is 1.52 bits per heavy atom. The van der Waals surface area contributed by atoms with E-state index in [1.165, 1.54) is 41.3 Å². The van der Waals surface area contributed by atoms with Crippen LogP contribution in [0, 0.1) is 0 Å². The molecular weight excluding hydrogens is 715 g/mol. The summed E-state index contributed by atoms with van der Waals surface area (Å²) in [6, 6.07) is 7.34. The summed E-state index contributed by atoms with van der Waals surface area (Å²) in [5.41, 5.74) is -0.471. The number of alkyl halides is 7. The fraction of sp³-hybridized carbons (Fsp3) is 0.320. The molecule has 0 saturated carbocycles. The molecule has 0 aliphatic heterocycles. The van der Waals surface area contributed by atoms with E-state index >= 15 is 0 Å². The minimum Gasteiger partial charge on any atom is -0.425 e. The summed E-state index contributed by atoms with van der Waals surface area (Å²) in [4.78, 5) is 28.5. The normalized spacial score (nSPS) is 12.5. The van der Waals surface area contributed by atoms with E-state index in [4.69, 9.17) is 0 Å². The fourth-order valence-corrected chi connectivity index (χ4v) is 3.92. The molecule has 0 saturated heterocycles. The molecule has 234 valence electrons. The van der Waals surface area contributed by atoms with E-state index in [-0.39, 0.29) is 55.4 Å². The Hall–Kier alpha value is -4.30. The van der Waals surface area contributed by atoms with Crippen molar-refractivity contribution in [3.05, 3.63) is 83.2 Å². The summed E-state index contributed by atoms with van der Waals surface area (Å²) in [6.45, 7) is -0.392. The van der Waals surface area contributed by atoms with Gasteiger partial charge in [0.25, 0.3) is 11.8 Å². The number of carbonyl (C=O) groups excluding carboxylic acids is 2. The number of carbonyl (C=O) groups is 2. The van der Waals surface area contributed by atoms with Crippen LogP contribution in [0.15, 0.2) is 55.0 Å². The van der Waals surface area contributed by atoms with E-state index in [9.17, 15) is 35.9 Å². The third-order valence-electron chi connectivity index (χ3n) is 5.78. The summed E-state index contributed by atoms with van der Waals surface area (Å²) in [5.74, 6) is -1.32. The number of aromatic nitrogens is 7. The first-order chi connectivity index (χ1) is 20.7. The zero-order chi connectivity index (χ0) is 31.9. The molecular formula is C25H22F6IN9O3. The molecule has 2 N–H and O–H groups in total.